The number of nitrogens with zero attached hydrogens (tertiary/aromatic N) is 3. The first-order valence-electron chi connectivity index (χ1n) is 11.3. The van der Waals surface area contributed by atoms with E-state index in [4.69, 9.17) is 4.74 Å². The van der Waals surface area contributed by atoms with E-state index in [0.29, 0.717) is 20.0 Å². The zero-order chi connectivity index (χ0) is 30.4. The number of anilines is 2. The van der Waals surface area contributed by atoms with Crippen molar-refractivity contribution in [1.29, 1.82) is 0 Å². The van der Waals surface area contributed by atoms with Crippen molar-refractivity contribution in [3.05, 3.63) is 30.1 Å². The first-order valence-corrected chi connectivity index (χ1v) is 14.7. The van der Waals surface area contributed by atoms with Crippen molar-refractivity contribution < 1.29 is 53.1 Å². The normalized spacial score (nSPS) is 18.3. The lowest BCUT2D eigenvalue weighted by atomic mass is 10.1. The topological polar surface area (TPSA) is 149 Å². The third-order valence-electron chi connectivity index (χ3n) is 5.81. The van der Waals surface area contributed by atoms with Crippen molar-refractivity contribution in [2.75, 3.05) is 22.4 Å². The number of fused-ring (bicyclic) bond motifs is 1. The predicted molar refractivity (Wildman–Crippen MR) is 131 cm³/mol. The van der Waals surface area contributed by atoms with Crippen LogP contribution in [0.25, 0.3) is 0 Å². The van der Waals surface area contributed by atoms with Gasteiger partial charge in [0, 0.05) is 12.2 Å². The zero-order valence-corrected chi connectivity index (χ0v) is 23.3. The molecule has 224 valence electrons. The molecule has 2 heterocycles. The minimum atomic E-state index is -4.89. The predicted octanol–water partition coefficient (Wildman–Crippen LogP) is 3.37. The molecule has 0 fully saturated rings. The largest absolute Gasteiger partial charge is 0.485 e. The fraction of sp³-hybridized carbons (Fsp3) is 0.524. The lowest BCUT2D eigenvalue weighted by molar-refractivity contribution is -0.242. The maximum absolute atomic E-state index is 13.8. The summed E-state index contributed by atoms with van der Waals surface area (Å²) in [5.74, 6) is -0.115. The van der Waals surface area contributed by atoms with E-state index in [1.807, 2.05) is 0 Å². The zero-order valence-electron chi connectivity index (χ0n) is 21.7. The van der Waals surface area contributed by atoms with Gasteiger partial charge < -0.3 is 9.47 Å². The summed E-state index contributed by atoms with van der Waals surface area (Å²) in [5.41, 5.74) is -3.52. The Hall–Kier alpha value is -3.19. The minimum Gasteiger partial charge on any atom is -0.485 e. The molecule has 19 heteroatoms. The molecule has 1 aromatic heterocycles. The van der Waals surface area contributed by atoms with Gasteiger partial charge >= 0.3 is 18.8 Å². The van der Waals surface area contributed by atoms with Crippen LogP contribution < -0.4 is 19.1 Å². The number of hydrogen-bond donors (Lipinski definition) is 2. The molecule has 1 amide bonds. The molecule has 0 radical (unpaired) electrons. The highest BCUT2D eigenvalue weighted by atomic mass is 32.2. The number of ether oxygens (including phenoxy) is 2. The molecule has 1 aliphatic rings. The summed E-state index contributed by atoms with van der Waals surface area (Å²) in [5, 5.41) is 5.61. The van der Waals surface area contributed by atoms with Crippen LogP contribution >= 0.6 is 0 Å². The SMILES string of the molecule is Cc1nn(C(F)F)cc1S(=O)(=O)N1c2cc(NC(=O)OC(C)(C)C(F)(F)F)ccc2O[C@@H](CNS(C)(=O)=O)[C@H]1C. The quantitative estimate of drug-likeness (QED) is 0.428. The van der Waals surface area contributed by atoms with E-state index in [2.05, 4.69) is 19.9 Å². The van der Waals surface area contributed by atoms with Crippen LogP contribution in [-0.4, -0.2) is 69.4 Å². The van der Waals surface area contributed by atoms with Gasteiger partial charge in [-0.15, -0.1) is 0 Å². The van der Waals surface area contributed by atoms with Crippen LogP contribution in [0.2, 0.25) is 0 Å². The van der Waals surface area contributed by atoms with Crippen LogP contribution in [0.5, 0.6) is 5.75 Å². The first-order chi connectivity index (χ1) is 18.1. The fourth-order valence-electron chi connectivity index (χ4n) is 3.65. The number of aromatic nitrogens is 2. The summed E-state index contributed by atoms with van der Waals surface area (Å²) in [4.78, 5) is 11.6. The molecule has 1 aliphatic heterocycles. The molecule has 2 aromatic rings. The standard InChI is InChI=1S/C21H26F5N5O7S2/c1-11-17(10-30(29-11)18(22)23)40(35,36)31-12(2)16(9-27-39(5,33)34)37-15-7-6-13(8-14(15)31)28-19(32)38-20(3,4)21(24,25)26/h6-8,10,12,16,18,27H,9H2,1-5H3,(H,28,32)/t12-,16+/m1/s1. The maximum atomic E-state index is 13.8. The van der Waals surface area contributed by atoms with Gasteiger partial charge in [0.1, 0.15) is 16.7 Å². The Morgan fingerprint density at radius 2 is 1.82 bits per heavy atom. The molecule has 0 saturated heterocycles. The second-order valence-electron chi connectivity index (χ2n) is 9.36. The highest BCUT2D eigenvalue weighted by molar-refractivity contribution is 7.93. The maximum Gasteiger partial charge on any atom is 0.427 e. The number of rotatable bonds is 8. The van der Waals surface area contributed by atoms with Crippen molar-refractivity contribution in [3.8, 4) is 5.75 Å². The molecule has 0 saturated carbocycles. The average Bonchev–Trinajstić information content (AvgIpc) is 3.18. The lowest BCUT2D eigenvalue weighted by Crippen LogP contribution is -2.54. The Morgan fingerprint density at radius 3 is 2.35 bits per heavy atom. The molecule has 1 aromatic carbocycles. The molecular formula is C21H26F5N5O7S2. The molecular weight excluding hydrogens is 593 g/mol. The minimum absolute atomic E-state index is 0.115. The van der Waals surface area contributed by atoms with Gasteiger partial charge in [-0.1, -0.05) is 0 Å². The Morgan fingerprint density at radius 1 is 1.20 bits per heavy atom. The second kappa shape index (κ2) is 10.7. The molecule has 12 nitrogen and oxygen atoms in total. The number of amides is 1. The van der Waals surface area contributed by atoms with Crippen LogP contribution in [0, 0.1) is 6.92 Å². The van der Waals surface area contributed by atoms with E-state index in [1.165, 1.54) is 26.0 Å². The van der Waals surface area contributed by atoms with Crippen LogP contribution in [0.4, 0.5) is 38.1 Å². The summed E-state index contributed by atoms with van der Waals surface area (Å²) in [6, 6.07) is 2.28. The molecule has 0 unspecified atom stereocenters. The number of nitrogens with one attached hydrogen (secondary N) is 2. The number of alkyl halides is 5. The first kappa shape index (κ1) is 31.3. The molecule has 40 heavy (non-hydrogen) atoms. The molecule has 0 spiro atoms. The highest BCUT2D eigenvalue weighted by Gasteiger charge is 2.51. The fourth-order valence-corrected chi connectivity index (χ4v) is 5.96. The summed E-state index contributed by atoms with van der Waals surface area (Å²) < 4.78 is 130. The number of hydrogen-bond acceptors (Lipinski definition) is 8. The van der Waals surface area contributed by atoms with Gasteiger partial charge in [-0.2, -0.15) is 27.1 Å². The molecule has 2 N–H and O–H groups in total. The number of benzene rings is 1. The van der Waals surface area contributed by atoms with Gasteiger partial charge in [0.05, 0.1) is 29.9 Å². The molecule has 3 rings (SSSR count). The van der Waals surface area contributed by atoms with E-state index in [0.717, 1.165) is 16.6 Å². The van der Waals surface area contributed by atoms with Gasteiger partial charge in [-0.25, -0.2) is 31.0 Å². The monoisotopic (exact) mass is 619 g/mol. The Balaban J connectivity index is 2.06. The van der Waals surface area contributed by atoms with Gasteiger partial charge in [0.2, 0.25) is 15.6 Å². The summed E-state index contributed by atoms with van der Waals surface area (Å²) in [7, 11) is -8.41. The molecule has 2 atom stereocenters. The van der Waals surface area contributed by atoms with Gasteiger partial charge in [-0.05, 0) is 45.9 Å². The molecule has 0 aliphatic carbocycles. The Labute approximate surface area is 226 Å². The third-order valence-corrected chi connectivity index (χ3v) is 8.51. The Kier molecular flexibility index (Phi) is 8.35. The van der Waals surface area contributed by atoms with Crippen molar-refractivity contribution >= 4 is 37.5 Å². The highest BCUT2D eigenvalue weighted by Crippen LogP contribution is 2.42. The number of aryl methyl sites for hydroxylation is 1. The summed E-state index contributed by atoms with van der Waals surface area (Å²) in [6.45, 7) is 0.302. The van der Waals surface area contributed by atoms with Crippen LogP contribution in [0.1, 0.15) is 33.0 Å². The smallest absolute Gasteiger partial charge is 0.427 e. The van der Waals surface area contributed by atoms with Crippen LogP contribution in [0.15, 0.2) is 29.3 Å². The van der Waals surface area contributed by atoms with Crippen molar-refractivity contribution in [2.45, 2.75) is 63.1 Å². The average molecular weight is 620 g/mol. The van der Waals surface area contributed by atoms with Gasteiger partial charge in [0.15, 0.2) is 0 Å². The van der Waals surface area contributed by atoms with E-state index < -0.39 is 61.5 Å². The van der Waals surface area contributed by atoms with E-state index in [9.17, 15) is 43.6 Å². The number of carbonyl (C=O) groups excluding carboxylic acids is 1. The second-order valence-corrected chi connectivity index (χ2v) is 13.0. The Bertz CT molecular complexity index is 1490. The van der Waals surface area contributed by atoms with Crippen molar-refractivity contribution in [2.24, 2.45) is 0 Å². The van der Waals surface area contributed by atoms with Crippen LogP contribution in [-0.2, 0) is 24.8 Å². The summed E-state index contributed by atoms with van der Waals surface area (Å²) >= 11 is 0. The third kappa shape index (κ3) is 6.57. The number of carbonyl (C=O) groups is 1. The molecule has 0 bridgehead atoms. The van der Waals surface area contributed by atoms with Crippen molar-refractivity contribution in [3.63, 3.8) is 0 Å². The van der Waals surface area contributed by atoms with Crippen LogP contribution in [0.3, 0.4) is 0 Å². The van der Waals surface area contributed by atoms with Crippen molar-refractivity contribution in [1.82, 2.24) is 14.5 Å². The van der Waals surface area contributed by atoms with E-state index in [1.54, 1.807) is 0 Å². The number of sulfonamides is 2. The van der Waals surface area contributed by atoms with Gasteiger partial charge in [0.25, 0.3) is 10.0 Å². The summed E-state index contributed by atoms with van der Waals surface area (Å²) in [6.07, 6.45) is -5.99. The van der Waals surface area contributed by atoms with Gasteiger partial charge in [-0.3, -0.25) is 9.62 Å². The van der Waals surface area contributed by atoms with E-state index >= 15 is 0 Å². The lowest BCUT2D eigenvalue weighted by Gasteiger charge is -2.41. The van der Waals surface area contributed by atoms with E-state index in [-0.39, 0.29) is 34.0 Å². The number of halogens is 5.